The van der Waals surface area contributed by atoms with Crippen molar-refractivity contribution >= 4 is 17.7 Å². The molecule has 2 rings (SSSR count). The Labute approximate surface area is 142 Å². The van der Waals surface area contributed by atoms with Gasteiger partial charge in [0.2, 0.25) is 5.88 Å². The molecule has 128 valence electrons. The molecule has 0 aromatic carbocycles. The van der Waals surface area contributed by atoms with Crippen LogP contribution in [0.3, 0.4) is 0 Å². The predicted octanol–water partition coefficient (Wildman–Crippen LogP) is 3.69. The van der Waals surface area contributed by atoms with Gasteiger partial charge >= 0.3 is 6.09 Å². The summed E-state index contributed by atoms with van der Waals surface area (Å²) in [5, 5.41) is 0.299. The molecule has 0 aliphatic carbocycles. The molecular weight excluding hydrogens is 318 g/mol. The first-order chi connectivity index (χ1) is 10.6. The molecule has 7 heteroatoms. The number of rotatable bonds is 2. The van der Waals surface area contributed by atoms with E-state index in [-0.39, 0.29) is 17.7 Å². The summed E-state index contributed by atoms with van der Waals surface area (Å²) in [4.78, 5) is 22.2. The van der Waals surface area contributed by atoms with Gasteiger partial charge < -0.3 is 14.4 Å². The third kappa shape index (κ3) is 4.96. The second-order valence-corrected chi connectivity index (χ2v) is 7.74. The molecule has 1 aromatic rings. The summed E-state index contributed by atoms with van der Waals surface area (Å²) in [5.41, 5.74) is -0.867. The Morgan fingerprint density at radius 1 is 1.39 bits per heavy atom. The van der Waals surface area contributed by atoms with Gasteiger partial charge in [0.05, 0.1) is 12.4 Å². The van der Waals surface area contributed by atoms with Crippen molar-refractivity contribution in [2.45, 2.75) is 64.7 Å². The maximum absolute atomic E-state index is 12.4. The first-order valence-corrected chi connectivity index (χ1v) is 8.09. The van der Waals surface area contributed by atoms with Crippen LogP contribution >= 0.6 is 11.6 Å². The summed E-state index contributed by atoms with van der Waals surface area (Å²) in [6.07, 6.45) is 4.06. The normalized spacial score (nSPS) is 21.0. The minimum absolute atomic E-state index is 0.0450. The number of halogens is 1. The van der Waals surface area contributed by atoms with Gasteiger partial charge in [-0.15, -0.1) is 0 Å². The van der Waals surface area contributed by atoms with E-state index < -0.39 is 5.60 Å². The molecule has 0 spiro atoms. The van der Waals surface area contributed by atoms with E-state index in [2.05, 4.69) is 9.97 Å². The monoisotopic (exact) mass is 341 g/mol. The van der Waals surface area contributed by atoms with Crippen LogP contribution in [0, 0.1) is 0 Å². The summed E-state index contributed by atoms with van der Waals surface area (Å²) in [7, 11) is 0. The zero-order valence-electron chi connectivity index (χ0n) is 14.3. The van der Waals surface area contributed by atoms with Gasteiger partial charge in [-0.2, -0.15) is 4.98 Å². The molecular formula is C16H24ClN3O3. The molecule has 1 saturated heterocycles. The molecule has 1 aliphatic heterocycles. The number of amides is 1. The third-order valence-electron chi connectivity index (χ3n) is 3.62. The molecule has 1 fully saturated rings. The van der Waals surface area contributed by atoms with Crippen LogP contribution in [-0.4, -0.2) is 44.7 Å². The van der Waals surface area contributed by atoms with Gasteiger partial charge in [0.15, 0.2) is 5.15 Å². The maximum Gasteiger partial charge on any atom is 0.410 e. The Hall–Kier alpha value is -1.56. The van der Waals surface area contributed by atoms with Gasteiger partial charge in [-0.05, 0) is 34.6 Å². The van der Waals surface area contributed by atoms with Gasteiger partial charge in [-0.1, -0.05) is 11.6 Å². The Morgan fingerprint density at radius 2 is 2.09 bits per heavy atom. The van der Waals surface area contributed by atoms with Crippen LogP contribution in [-0.2, 0) is 4.74 Å². The van der Waals surface area contributed by atoms with Gasteiger partial charge in [-0.3, -0.25) is 4.98 Å². The summed E-state index contributed by atoms with van der Waals surface area (Å²) in [5.74, 6) is 0.406. The number of nitrogens with zero attached hydrogens (tertiary/aromatic N) is 3. The average Bonchev–Trinajstić information content (AvgIpc) is 2.35. The van der Waals surface area contributed by atoms with Crippen molar-refractivity contribution in [2.24, 2.45) is 0 Å². The van der Waals surface area contributed by atoms with E-state index in [0.717, 1.165) is 0 Å². The highest BCUT2D eigenvalue weighted by atomic mass is 35.5. The highest BCUT2D eigenvalue weighted by molar-refractivity contribution is 6.29. The minimum atomic E-state index is -0.503. The predicted molar refractivity (Wildman–Crippen MR) is 87.7 cm³/mol. The fraction of sp³-hybridized carbons (Fsp3) is 0.688. The molecule has 1 atom stereocenters. The molecule has 0 saturated carbocycles. The van der Waals surface area contributed by atoms with Crippen molar-refractivity contribution in [1.82, 2.24) is 14.9 Å². The van der Waals surface area contributed by atoms with Crippen molar-refractivity contribution < 1.29 is 14.3 Å². The molecule has 2 heterocycles. The van der Waals surface area contributed by atoms with Crippen LogP contribution in [0.4, 0.5) is 4.79 Å². The summed E-state index contributed by atoms with van der Waals surface area (Å²) >= 11 is 5.82. The molecule has 0 N–H and O–H groups in total. The van der Waals surface area contributed by atoms with Gasteiger partial charge in [0.25, 0.3) is 0 Å². The average molecular weight is 342 g/mol. The van der Waals surface area contributed by atoms with Crippen LogP contribution in [0.2, 0.25) is 5.15 Å². The second-order valence-electron chi connectivity index (χ2n) is 7.36. The SMILES string of the molecule is CC(C)(C)OC(=O)N1CCC(Oc2cncc(Cl)n2)CC1(C)C. The van der Waals surface area contributed by atoms with Crippen molar-refractivity contribution in [2.75, 3.05) is 6.54 Å². The topological polar surface area (TPSA) is 64.5 Å². The van der Waals surface area contributed by atoms with E-state index >= 15 is 0 Å². The molecule has 1 aliphatic rings. The summed E-state index contributed by atoms with van der Waals surface area (Å²) < 4.78 is 11.4. The van der Waals surface area contributed by atoms with E-state index in [9.17, 15) is 4.79 Å². The molecule has 0 bridgehead atoms. The Bertz CT molecular complexity index is 572. The van der Waals surface area contributed by atoms with Crippen molar-refractivity contribution in [1.29, 1.82) is 0 Å². The Kier molecular flexibility index (Phi) is 5.04. The number of hydrogen-bond acceptors (Lipinski definition) is 5. The van der Waals surface area contributed by atoms with Gasteiger partial charge in [0.1, 0.15) is 11.7 Å². The van der Waals surface area contributed by atoms with Gasteiger partial charge in [-0.25, -0.2) is 4.79 Å². The lowest BCUT2D eigenvalue weighted by molar-refractivity contribution is -0.0269. The Balaban J connectivity index is 2.00. The largest absolute Gasteiger partial charge is 0.473 e. The molecule has 1 unspecified atom stereocenters. The number of likely N-dealkylation sites (tertiary alicyclic amines) is 1. The number of carbonyl (C=O) groups is 1. The van der Waals surface area contributed by atoms with Crippen molar-refractivity contribution in [3.05, 3.63) is 17.5 Å². The first kappa shape index (κ1) is 17.8. The number of carbonyl (C=O) groups excluding carboxylic acids is 1. The lowest BCUT2D eigenvalue weighted by Gasteiger charge is -2.45. The molecule has 1 amide bonds. The highest BCUT2D eigenvalue weighted by Crippen LogP contribution is 2.31. The highest BCUT2D eigenvalue weighted by Gasteiger charge is 2.40. The zero-order chi connectivity index (χ0) is 17.3. The fourth-order valence-electron chi connectivity index (χ4n) is 2.65. The maximum atomic E-state index is 12.4. The molecule has 23 heavy (non-hydrogen) atoms. The van der Waals surface area contributed by atoms with Crippen LogP contribution < -0.4 is 4.74 Å². The third-order valence-corrected chi connectivity index (χ3v) is 3.80. The quantitative estimate of drug-likeness (QED) is 0.820. The standard InChI is InChI=1S/C16H24ClN3O3/c1-15(2,3)23-14(21)20-7-6-11(8-16(20,4)5)22-13-10-18-9-12(17)19-13/h9-11H,6-8H2,1-5H3. The lowest BCUT2D eigenvalue weighted by atomic mass is 9.89. The summed E-state index contributed by atoms with van der Waals surface area (Å²) in [6, 6.07) is 0. The smallest absolute Gasteiger partial charge is 0.410 e. The van der Waals surface area contributed by atoms with E-state index in [4.69, 9.17) is 21.1 Å². The van der Waals surface area contributed by atoms with Crippen LogP contribution in [0.15, 0.2) is 12.4 Å². The van der Waals surface area contributed by atoms with Gasteiger partial charge in [0, 0.05) is 24.9 Å². The van der Waals surface area contributed by atoms with Crippen molar-refractivity contribution in [3.63, 3.8) is 0 Å². The minimum Gasteiger partial charge on any atom is -0.473 e. The number of aromatic nitrogens is 2. The number of piperidine rings is 1. The first-order valence-electron chi connectivity index (χ1n) is 7.72. The van der Waals surface area contributed by atoms with Crippen molar-refractivity contribution in [3.8, 4) is 5.88 Å². The number of ether oxygens (including phenoxy) is 2. The molecule has 1 aromatic heterocycles. The van der Waals surface area contributed by atoms with E-state index in [1.807, 2.05) is 34.6 Å². The van der Waals surface area contributed by atoms with Crippen LogP contribution in [0.1, 0.15) is 47.5 Å². The van der Waals surface area contributed by atoms with Crippen LogP contribution in [0.5, 0.6) is 5.88 Å². The zero-order valence-corrected chi connectivity index (χ0v) is 15.1. The van der Waals surface area contributed by atoms with E-state index in [1.54, 1.807) is 11.1 Å². The second kappa shape index (κ2) is 6.51. The molecule has 6 nitrogen and oxygen atoms in total. The van der Waals surface area contributed by atoms with Crippen LogP contribution in [0.25, 0.3) is 0 Å². The number of hydrogen-bond donors (Lipinski definition) is 0. The Morgan fingerprint density at radius 3 is 2.65 bits per heavy atom. The van der Waals surface area contributed by atoms with E-state index in [1.165, 1.54) is 6.20 Å². The fourth-order valence-corrected chi connectivity index (χ4v) is 2.79. The summed E-state index contributed by atoms with van der Waals surface area (Å²) in [6.45, 7) is 10.2. The molecule has 0 radical (unpaired) electrons. The van der Waals surface area contributed by atoms with E-state index in [0.29, 0.717) is 30.4 Å². The lowest BCUT2D eigenvalue weighted by Crippen LogP contribution is -2.56.